The fraction of sp³-hybridized carbons (Fsp3) is 0.176. The zero-order valence-electron chi connectivity index (χ0n) is 12.8. The van der Waals surface area contributed by atoms with Gasteiger partial charge in [-0.1, -0.05) is 0 Å². The molecule has 5 heteroatoms. The van der Waals surface area contributed by atoms with Crippen LogP contribution in [-0.2, 0) is 0 Å². The monoisotopic (exact) mass is 295 g/mol. The Kier molecular flexibility index (Phi) is 3.55. The Bertz CT molecular complexity index is 799. The number of methoxy groups -OCH3 is 1. The fourth-order valence-electron chi connectivity index (χ4n) is 2.63. The molecule has 0 saturated carbocycles. The molecule has 2 aromatic heterocycles. The molecule has 22 heavy (non-hydrogen) atoms. The third-order valence-electron chi connectivity index (χ3n) is 3.73. The summed E-state index contributed by atoms with van der Waals surface area (Å²) in [5.41, 5.74) is 3.58. The van der Waals surface area contributed by atoms with Gasteiger partial charge in [-0.15, -0.1) is 0 Å². The van der Waals surface area contributed by atoms with Crippen LogP contribution in [0.3, 0.4) is 0 Å². The van der Waals surface area contributed by atoms with Gasteiger partial charge in [0.1, 0.15) is 12.1 Å². The normalized spacial score (nSPS) is 10.7. The second-order valence-electron chi connectivity index (χ2n) is 5.09. The first kappa shape index (κ1) is 14.1. The Morgan fingerprint density at radius 2 is 1.91 bits per heavy atom. The molecule has 1 aromatic carbocycles. The van der Waals surface area contributed by atoms with Gasteiger partial charge in [-0.05, 0) is 44.2 Å². The van der Waals surface area contributed by atoms with Crippen molar-refractivity contribution in [1.82, 2.24) is 14.1 Å². The first-order valence-electron chi connectivity index (χ1n) is 6.98. The van der Waals surface area contributed by atoms with Crippen molar-refractivity contribution in [1.29, 1.82) is 0 Å². The SMILES string of the molecule is COc1ccc(-n2c(C)cc(C(=O)n3ccnc3)c2C)cc1. The predicted molar refractivity (Wildman–Crippen MR) is 83.8 cm³/mol. The molecule has 0 fully saturated rings. The lowest BCUT2D eigenvalue weighted by molar-refractivity contribution is 0.0959. The van der Waals surface area contributed by atoms with E-state index in [0.717, 1.165) is 22.8 Å². The molecular formula is C17H17N3O2. The van der Waals surface area contributed by atoms with E-state index in [1.165, 1.54) is 10.9 Å². The second-order valence-corrected chi connectivity index (χ2v) is 5.09. The highest BCUT2D eigenvalue weighted by Gasteiger charge is 2.17. The quantitative estimate of drug-likeness (QED) is 0.746. The molecule has 0 N–H and O–H groups in total. The van der Waals surface area contributed by atoms with Crippen molar-refractivity contribution in [3.63, 3.8) is 0 Å². The lowest BCUT2D eigenvalue weighted by atomic mass is 10.2. The number of aryl methyl sites for hydroxylation is 1. The number of carbonyl (C=O) groups is 1. The van der Waals surface area contributed by atoms with E-state index in [1.54, 1.807) is 19.5 Å². The third-order valence-corrected chi connectivity index (χ3v) is 3.73. The van der Waals surface area contributed by atoms with Crippen LogP contribution >= 0.6 is 0 Å². The summed E-state index contributed by atoms with van der Waals surface area (Å²) in [6.07, 6.45) is 4.77. The number of rotatable bonds is 3. The Labute approximate surface area is 128 Å². The number of hydrogen-bond acceptors (Lipinski definition) is 3. The molecule has 0 spiro atoms. The van der Waals surface area contributed by atoms with Crippen LogP contribution in [0, 0.1) is 13.8 Å². The Morgan fingerprint density at radius 3 is 2.50 bits per heavy atom. The van der Waals surface area contributed by atoms with Gasteiger partial charge in [0.25, 0.3) is 5.91 Å². The van der Waals surface area contributed by atoms with Crippen LogP contribution in [0.2, 0.25) is 0 Å². The van der Waals surface area contributed by atoms with E-state index in [0.29, 0.717) is 5.56 Å². The molecule has 0 saturated heterocycles. The minimum atomic E-state index is -0.0784. The average Bonchev–Trinajstić information content (AvgIpc) is 3.15. The third kappa shape index (κ3) is 2.30. The molecule has 2 heterocycles. The Hall–Kier alpha value is -2.82. The number of benzene rings is 1. The summed E-state index contributed by atoms with van der Waals surface area (Å²) in [4.78, 5) is 16.4. The summed E-state index contributed by atoms with van der Waals surface area (Å²) in [5, 5.41) is 0. The zero-order valence-corrected chi connectivity index (χ0v) is 12.8. The van der Waals surface area contributed by atoms with Crippen LogP contribution in [0.5, 0.6) is 5.75 Å². The Balaban J connectivity index is 2.04. The maximum absolute atomic E-state index is 12.5. The highest BCUT2D eigenvalue weighted by molar-refractivity contribution is 5.97. The molecule has 0 aliphatic heterocycles. The molecule has 3 aromatic rings. The fourth-order valence-corrected chi connectivity index (χ4v) is 2.63. The van der Waals surface area contributed by atoms with Crippen molar-refractivity contribution >= 4 is 5.91 Å². The summed E-state index contributed by atoms with van der Waals surface area (Å²) in [7, 11) is 1.64. The van der Waals surface area contributed by atoms with Crippen molar-refractivity contribution in [2.75, 3.05) is 7.11 Å². The van der Waals surface area contributed by atoms with Crippen molar-refractivity contribution in [3.05, 3.63) is 66.0 Å². The summed E-state index contributed by atoms with van der Waals surface area (Å²) < 4.78 is 8.73. The number of carbonyl (C=O) groups excluding carboxylic acids is 1. The number of nitrogens with zero attached hydrogens (tertiary/aromatic N) is 3. The average molecular weight is 295 g/mol. The van der Waals surface area contributed by atoms with E-state index in [1.807, 2.05) is 44.2 Å². The van der Waals surface area contributed by atoms with Crippen LogP contribution in [0.25, 0.3) is 5.69 Å². The van der Waals surface area contributed by atoms with Gasteiger partial charge < -0.3 is 9.30 Å². The summed E-state index contributed by atoms with van der Waals surface area (Å²) in [6, 6.07) is 9.67. The first-order valence-corrected chi connectivity index (χ1v) is 6.98. The molecule has 5 nitrogen and oxygen atoms in total. The van der Waals surface area contributed by atoms with Gasteiger partial charge >= 0.3 is 0 Å². The molecular weight excluding hydrogens is 278 g/mol. The maximum atomic E-state index is 12.5. The van der Waals surface area contributed by atoms with Crippen molar-refractivity contribution in [2.24, 2.45) is 0 Å². The Morgan fingerprint density at radius 1 is 1.18 bits per heavy atom. The van der Waals surface area contributed by atoms with Gasteiger partial charge in [-0.25, -0.2) is 4.98 Å². The van der Waals surface area contributed by atoms with Gasteiger partial charge in [0.15, 0.2) is 0 Å². The van der Waals surface area contributed by atoms with Crippen LogP contribution < -0.4 is 4.74 Å². The summed E-state index contributed by atoms with van der Waals surface area (Å²) in [5.74, 6) is 0.728. The van der Waals surface area contributed by atoms with Gasteiger partial charge in [0.2, 0.25) is 0 Å². The largest absolute Gasteiger partial charge is 0.497 e. The van der Waals surface area contributed by atoms with Gasteiger partial charge in [0, 0.05) is 29.5 Å². The van der Waals surface area contributed by atoms with Gasteiger partial charge in [0.05, 0.1) is 12.7 Å². The van der Waals surface area contributed by atoms with E-state index in [2.05, 4.69) is 9.55 Å². The lowest BCUT2D eigenvalue weighted by Crippen LogP contribution is -2.11. The molecule has 0 amide bonds. The van der Waals surface area contributed by atoms with Crippen LogP contribution in [0.1, 0.15) is 21.7 Å². The lowest BCUT2D eigenvalue weighted by Gasteiger charge is -2.10. The maximum Gasteiger partial charge on any atom is 0.264 e. The van der Waals surface area contributed by atoms with Crippen LogP contribution in [0.4, 0.5) is 0 Å². The summed E-state index contributed by atoms with van der Waals surface area (Å²) in [6.45, 7) is 3.93. The second kappa shape index (κ2) is 5.52. The highest BCUT2D eigenvalue weighted by Crippen LogP contribution is 2.23. The van der Waals surface area contributed by atoms with Gasteiger partial charge in [-0.3, -0.25) is 9.36 Å². The van der Waals surface area contributed by atoms with Crippen molar-refractivity contribution in [3.8, 4) is 11.4 Å². The molecule has 0 unspecified atom stereocenters. The molecule has 0 radical (unpaired) electrons. The topological polar surface area (TPSA) is 49.0 Å². The van der Waals surface area contributed by atoms with E-state index in [4.69, 9.17) is 4.74 Å². The van der Waals surface area contributed by atoms with Crippen molar-refractivity contribution in [2.45, 2.75) is 13.8 Å². The van der Waals surface area contributed by atoms with Gasteiger partial charge in [-0.2, -0.15) is 0 Å². The predicted octanol–water partition coefficient (Wildman–Crippen LogP) is 2.99. The van der Waals surface area contributed by atoms with Crippen LogP contribution in [-0.4, -0.2) is 27.1 Å². The number of hydrogen-bond donors (Lipinski definition) is 0. The van der Waals surface area contributed by atoms with E-state index in [-0.39, 0.29) is 5.91 Å². The molecule has 112 valence electrons. The minimum absolute atomic E-state index is 0.0784. The highest BCUT2D eigenvalue weighted by atomic mass is 16.5. The van der Waals surface area contributed by atoms with E-state index < -0.39 is 0 Å². The van der Waals surface area contributed by atoms with E-state index in [9.17, 15) is 4.79 Å². The number of ether oxygens (including phenoxy) is 1. The molecule has 0 aliphatic carbocycles. The summed E-state index contributed by atoms with van der Waals surface area (Å²) >= 11 is 0. The minimum Gasteiger partial charge on any atom is -0.497 e. The molecule has 3 rings (SSSR count). The van der Waals surface area contributed by atoms with E-state index >= 15 is 0 Å². The smallest absolute Gasteiger partial charge is 0.264 e. The molecule has 0 bridgehead atoms. The first-order chi connectivity index (χ1) is 10.6. The number of aromatic nitrogens is 3. The molecule has 0 aliphatic rings. The molecule has 0 atom stereocenters. The van der Waals surface area contributed by atoms with Crippen LogP contribution in [0.15, 0.2) is 49.1 Å². The van der Waals surface area contributed by atoms with Crippen molar-refractivity contribution < 1.29 is 9.53 Å². The zero-order chi connectivity index (χ0) is 15.7. The number of imidazole rings is 1. The standard InChI is InChI=1S/C17H17N3O2/c1-12-10-16(17(21)19-9-8-18-11-19)13(2)20(12)14-4-6-15(22-3)7-5-14/h4-11H,1-3H3.